The van der Waals surface area contributed by atoms with Crippen molar-refractivity contribution in [2.45, 2.75) is 25.3 Å². The van der Waals surface area contributed by atoms with Gasteiger partial charge in [-0.3, -0.25) is 0 Å². The summed E-state index contributed by atoms with van der Waals surface area (Å²) in [5, 5.41) is 3.37. The summed E-state index contributed by atoms with van der Waals surface area (Å²) >= 11 is 3.20. The largest absolute Gasteiger partial charge is 0.314 e. The highest BCUT2D eigenvalue weighted by Crippen LogP contribution is 2.21. The van der Waals surface area contributed by atoms with Gasteiger partial charge in [-0.1, -0.05) is 12.1 Å². The van der Waals surface area contributed by atoms with E-state index in [0.29, 0.717) is 10.5 Å². The molecule has 1 aliphatic rings. The molecule has 0 spiro atoms. The van der Waals surface area contributed by atoms with Crippen molar-refractivity contribution >= 4 is 15.9 Å². The summed E-state index contributed by atoms with van der Waals surface area (Å²) < 4.78 is 14.1. The van der Waals surface area contributed by atoms with E-state index in [1.807, 2.05) is 12.1 Å². The first-order chi connectivity index (χ1) is 6.77. The highest BCUT2D eigenvalue weighted by Gasteiger charge is 2.16. The van der Waals surface area contributed by atoms with Gasteiger partial charge in [-0.05, 0) is 53.4 Å². The van der Waals surface area contributed by atoms with Crippen LogP contribution in [0.25, 0.3) is 0 Å². The number of hydrogen-bond donors (Lipinski definition) is 1. The average molecular weight is 258 g/mol. The lowest BCUT2D eigenvalue weighted by atomic mass is 10.0. The maximum atomic E-state index is 13.6. The molecule has 0 saturated carbocycles. The second-order valence-corrected chi connectivity index (χ2v) is 4.56. The van der Waals surface area contributed by atoms with Crippen molar-refractivity contribution in [3.8, 4) is 0 Å². The van der Waals surface area contributed by atoms with Crippen LogP contribution in [0.1, 0.15) is 18.4 Å². The van der Waals surface area contributed by atoms with Crippen LogP contribution in [0.3, 0.4) is 0 Å². The van der Waals surface area contributed by atoms with Crippen molar-refractivity contribution in [3.63, 3.8) is 0 Å². The Morgan fingerprint density at radius 2 is 2.36 bits per heavy atom. The molecule has 0 aromatic heterocycles. The van der Waals surface area contributed by atoms with Crippen LogP contribution in [-0.4, -0.2) is 12.6 Å². The van der Waals surface area contributed by atoms with Gasteiger partial charge in [0.2, 0.25) is 0 Å². The number of hydrogen-bond acceptors (Lipinski definition) is 1. The number of nitrogens with one attached hydrogen (secondary N) is 1. The zero-order valence-electron chi connectivity index (χ0n) is 7.89. The molecule has 14 heavy (non-hydrogen) atoms. The van der Waals surface area contributed by atoms with E-state index in [2.05, 4.69) is 21.2 Å². The predicted octanol–water partition coefficient (Wildman–Crippen LogP) is 2.88. The van der Waals surface area contributed by atoms with Crippen LogP contribution in [0.4, 0.5) is 4.39 Å². The van der Waals surface area contributed by atoms with Gasteiger partial charge in [0.05, 0.1) is 4.47 Å². The van der Waals surface area contributed by atoms with Crippen LogP contribution in [0.15, 0.2) is 22.7 Å². The van der Waals surface area contributed by atoms with Crippen LogP contribution in [-0.2, 0) is 6.42 Å². The van der Waals surface area contributed by atoms with Crippen molar-refractivity contribution in [2.24, 2.45) is 0 Å². The van der Waals surface area contributed by atoms with Crippen LogP contribution in [0, 0.1) is 5.82 Å². The van der Waals surface area contributed by atoms with Crippen molar-refractivity contribution in [1.29, 1.82) is 0 Å². The quantitative estimate of drug-likeness (QED) is 0.860. The average Bonchev–Trinajstić information content (AvgIpc) is 2.66. The van der Waals surface area contributed by atoms with Gasteiger partial charge in [0.1, 0.15) is 5.82 Å². The zero-order valence-corrected chi connectivity index (χ0v) is 9.48. The molecule has 0 radical (unpaired) electrons. The lowest BCUT2D eigenvalue weighted by molar-refractivity contribution is 0.557. The standard InChI is InChI=1S/C11H13BrFN/c12-10-5-1-3-8(11(10)13)7-9-4-2-6-14-9/h1,3,5,9,14H,2,4,6-7H2. The van der Waals surface area contributed by atoms with E-state index in [4.69, 9.17) is 0 Å². The van der Waals surface area contributed by atoms with Crippen molar-refractivity contribution in [3.05, 3.63) is 34.1 Å². The van der Waals surface area contributed by atoms with E-state index in [9.17, 15) is 4.39 Å². The molecule has 1 aromatic carbocycles. The first kappa shape index (κ1) is 10.1. The van der Waals surface area contributed by atoms with Gasteiger partial charge in [-0.25, -0.2) is 4.39 Å². The Morgan fingerprint density at radius 3 is 3.07 bits per heavy atom. The van der Waals surface area contributed by atoms with Crippen molar-refractivity contribution in [1.82, 2.24) is 5.32 Å². The highest BCUT2D eigenvalue weighted by molar-refractivity contribution is 9.10. The first-order valence-corrected chi connectivity index (χ1v) is 5.73. The molecule has 1 fully saturated rings. The molecular formula is C11H13BrFN. The van der Waals surface area contributed by atoms with Crippen molar-refractivity contribution < 1.29 is 4.39 Å². The summed E-state index contributed by atoms with van der Waals surface area (Å²) in [5.41, 5.74) is 0.804. The number of halogens is 2. The molecule has 1 atom stereocenters. The SMILES string of the molecule is Fc1c(Br)cccc1CC1CCCN1. The van der Waals surface area contributed by atoms with Gasteiger partial charge in [0.25, 0.3) is 0 Å². The topological polar surface area (TPSA) is 12.0 Å². The molecule has 2 rings (SSSR count). The molecule has 1 saturated heterocycles. The smallest absolute Gasteiger partial charge is 0.140 e. The Hall–Kier alpha value is -0.410. The summed E-state index contributed by atoms with van der Waals surface area (Å²) in [6.45, 7) is 1.07. The molecule has 1 unspecified atom stereocenters. The Morgan fingerprint density at radius 1 is 1.50 bits per heavy atom. The molecule has 1 aliphatic heterocycles. The van der Waals surface area contributed by atoms with Crippen LogP contribution < -0.4 is 5.32 Å². The zero-order chi connectivity index (χ0) is 9.97. The third-order valence-electron chi connectivity index (χ3n) is 2.66. The third-order valence-corrected chi connectivity index (χ3v) is 3.27. The minimum absolute atomic E-state index is 0.110. The van der Waals surface area contributed by atoms with E-state index in [1.54, 1.807) is 6.07 Å². The second kappa shape index (κ2) is 4.41. The molecule has 1 heterocycles. The van der Waals surface area contributed by atoms with E-state index in [1.165, 1.54) is 6.42 Å². The Labute approximate surface area is 91.8 Å². The van der Waals surface area contributed by atoms with E-state index >= 15 is 0 Å². The lowest BCUT2D eigenvalue weighted by Gasteiger charge is -2.11. The van der Waals surface area contributed by atoms with Gasteiger partial charge < -0.3 is 5.32 Å². The van der Waals surface area contributed by atoms with E-state index in [-0.39, 0.29) is 5.82 Å². The Kier molecular flexibility index (Phi) is 3.19. The van der Waals surface area contributed by atoms with Crippen LogP contribution in [0.5, 0.6) is 0 Å². The molecular weight excluding hydrogens is 245 g/mol. The second-order valence-electron chi connectivity index (χ2n) is 3.71. The van der Waals surface area contributed by atoms with Gasteiger partial charge in [-0.2, -0.15) is 0 Å². The number of benzene rings is 1. The van der Waals surface area contributed by atoms with E-state index in [0.717, 1.165) is 24.9 Å². The highest BCUT2D eigenvalue weighted by atomic mass is 79.9. The fraction of sp³-hybridized carbons (Fsp3) is 0.455. The molecule has 76 valence electrons. The monoisotopic (exact) mass is 257 g/mol. The molecule has 0 aliphatic carbocycles. The summed E-state index contributed by atoms with van der Waals surface area (Å²) in [6.07, 6.45) is 3.16. The normalized spacial score (nSPS) is 21.4. The minimum Gasteiger partial charge on any atom is -0.314 e. The summed E-state index contributed by atoms with van der Waals surface area (Å²) in [6, 6.07) is 5.94. The molecule has 1 aromatic rings. The van der Waals surface area contributed by atoms with Gasteiger partial charge >= 0.3 is 0 Å². The Balaban J connectivity index is 2.11. The summed E-state index contributed by atoms with van der Waals surface area (Å²) in [4.78, 5) is 0. The van der Waals surface area contributed by atoms with Gasteiger partial charge in [0, 0.05) is 6.04 Å². The lowest BCUT2D eigenvalue weighted by Crippen LogP contribution is -2.24. The van der Waals surface area contributed by atoms with Crippen LogP contribution >= 0.6 is 15.9 Å². The molecule has 0 bridgehead atoms. The third kappa shape index (κ3) is 2.15. The van der Waals surface area contributed by atoms with Gasteiger partial charge in [0.15, 0.2) is 0 Å². The Bertz CT molecular complexity index is 321. The van der Waals surface area contributed by atoms with Crippen molar-refractivity contribution in [2.75, 3.05) is 6.54 Å². The molecule has 0 amide bonds. The summed E-state index contributed by atoms with van der Waals surface area (Å²) in [5.74, 6) is -0.110. The first-order valence-electron chi connectivity index (χ1n) is 4.93. The van der Waals surface area contributed by atoms with Crippen LogP contribution in [0.2, 0.25) is 0 Å². The molecule has 3 heteroatoms. The van der Waals surface area contributed by atoms with E-state index < -0.39 is 0 Å². The van der Waals surface area contributed by atoms with Gasteiger partial charge in [-0.15, -0.1) is 0 Å². The maximum Gasteiger partial charge on any atom is 0.140 e. The molecule has 1 nitrogen and oxygen atoms in total. The summed E-state index contributed by atoms with van der Waals surface area (Å²) in [7, 11) is 0. The minimum atomic E-state index is -0.110. The predicted molar refractivity (Wildman–Crippen MR) is 58.8 cm³/mol. The molecule has 1 N–H and O–H groups in total. The maximum absolute atomic E-state index is 13.6. The number of rotatable bonds is 2. The fourth-order valence-corrected chi connectivity index (χ4v) is 2.31. The fourth-order valence-electron chi connectivity index (χ4n) is 1.90.